The van der Waals surface area contributed by atoms with Gasteiger partial charge in [0.15, 0.2) is 0 Å². The molecule has 0 aliphatic rings. The number of carbonyl (C=O) groups is 1. The molecule has 3 heterocycles. The smallest absolute Gasteiger partial charge is 0.223 e. The number of rotatable bonds is 8. The van der Waals surface area contributed by atoms with Gasteiger partial charge in [0.05, 0.1) is 18.4 Å². The van der Waals surface area contributed by atoms with Crippen LogP contribution in [-0.4, -0.2) is 15.8 Å². The van der Waals surface area contributed by atoms with Crippen molar-refractivity contribution in [3.05, 3.63) is 102 Å². The normalized spacial score (nSPS) is 10.8. The molecule has 0 N–H and O–H groups in total. The molecule has 0 unspecified atom stereocenters. The molecule has 6 heteroatoms. The maximum Gasteiger partial charge on any atom is 0.223 e. The van der Waals surface area contributed by atoms with Crippen LogP contribution in [0.3, 0.4) is 0 Å². The third-order valence-corrected chi connectivity index (χ3v) is 4.76. The van der Waals surface area contributed by atoms with E-state index >= 15 is 0 Å². The molecule has 5 nitrogen and oxygen atoms in total. The van der Waals surface area contributed by atoms with E-state index in [0.29, 0.717) is 42.4 Å². The molecule has 1 amide bonds. The van der Waals surface area contributed by atoms with Gasteiger partial charge in [0.25, 0.3) is 0 Å². The van der Waals surface area contributed by atoms with E-state index in [0.717, 1.165) is 5.56 Å². The van der Waals surface area contributed by atoms with Gasteiger partial charge in [-0.2, -0.15) is 0 Å². The van der Waals surface area contributed by atoms with E-state index < -0.39 is 0 Å². The summed E-state index contributed by atoms with van der Waals surface area (Å²) in [6.07, 6.45) is 5.73. The predicted molar refractivity (Wildman–Crippen MR) is 110 cm³/mol. The summed E-state index contributed by atoms with van der Waals surface area (Å²) < 4.78 is 25.1. The van der Waals surface area contributed by atoms with Crippen molar-refractivity contribution in [1.82, 2.24) is 9.88 Å². The van der Waals surface area contributed by atoms with Crippen molar-refractivity contribution in [2.45, 2.75) is 25.9 Å². The zero-order valence-corrected chi connectivity index (χ0v) is 16.3. The lowest BCUT2D eigenvalue weighted by molar-refractivity contribution is -0.132. The minimum atomic E-state index is -0.337. The number of halogens is 1. The zero-order valence-electron chi connectivity index (χ0n) is 16.3. The Labute approximate surface area is 173 Å². The highest BCUT2D eigenvalue weighted by Crippen LogP contribution is 2.25. The minimum Gasteiger partial charge on any atom is -0.467 e. The van der Waals surface area contributed by atoms with Crippen LogP contribution in [0.25, 0.3) is 11.3 Å². The largest absolute Gasteiger partial charge is 0.467 e. The molecule has 0 spiro atoms. The predicted octanol–water partition coefficient (Wildman–Crippen LogP) is 5.24. The molecule has 0 aliphatic carbocycles. The van der Waals surface area contributed by atoms with Crippen LogP contribution in [0.1, 0.15) is 23.5 Å². The van der Waals surface area contributed by atoms with Gasteiger partial charge in [-0.3, -0.25) is 9.78 Å². The minimum absolute atomic E-state index is 0.0286. The average Bonchev–Trinajstić information content (AvgIpc) is 3.45. The first-order chi connectivity index (χ1) is 14.7. The number of pyridine rings is 1. The van der Waals surface area contributed by atoms with Crippen LogP contribution in [0, 0.1) is 5.82 Å². The number of hydrogen-bond acceptors (Lipinski definition) is 4. The van der Waals surface area contributed by atoms with Gasteiger partial charge >= 0.3 is 0 Å². The average molecular weight is 404 g/mol. The van der Waals surface area contributed by atoms with Crippen LogP contribution in [0.2, 0.25) is 0 Å². The van der Waals surface area contributed by atoms with Gasteiger partial charge in [-0.25, -0.2) is 4.39 Å². The van der Waals surface area contributed by atoms with Crippen molar-refractivity contribution in [1.29, 1.82) is 0 Å². The van der Waals surface area contributed by atoms with Crippen LogP contribution in [-0.2, 0) is 24.3 Å². The molecule has 1 aromatic carbocycles. The molecular weight excluding hydrogens is 383 g/mol. The number of hydrogen-bond donors (Lipinski definition) is 0. The quantitative estimate of drug-likeness (QED) is 0.403. The van der Waals surface area contributed by atoms with E-state index in [2.05, 4.69) is 4.98 Å². The van der Waals surface area contributed by atoms with Crippen molar-refractivity contribution in [3.63, 3.8) is 0 Å². The number of furan rings is 2. The summed E-state index contributed by atoms with van der Waals surface area (Å²) in [5, 5.41) is 0. The first-order valence-electron chi connectivity index (χ1n) is 9.72. The van der Waals surface area contributed by atoms with Gasteiger partial charge < -0.3 is 13.7 Å². The van der Waals surface area contributed by atoms with Crippen molar-refractivity contribution in [3.8, 4) is 11.3 Å². The number of aromatic nitrogens is 1. The van der Waals surface area contributed by atoms with Crippen molar-refractivity contribution < 1.29 is 18.0 Å². The van der Waals surface area contributed by atoms with Crippen LogP contribution < -0.4 is 0 Å². The summed E-state index contributed by atoms with van der Waals surface area (Å²) in [7, 11) is 0. The lowest BCUT2D eigenvalue weighted by Crippen LogP contribution is -2.30. The third kappa shape index (κ3) is 4.84. The maximum absolute atomic E-state index is 14.0. The molecule has 0 bridgehead atoms. The van der Waals surface area contributed by atoms with E-state index in [4.69, 9.17) is 8.83 Å². The van der Waals surface area contributed by atoms with Gasteiger partial charge in [0.2, 0.25) is 5.91 Å². The highest BCUT2D eigenvalue weighted by atomic mass is 19.1. The fraction of sp³-hybridized carbons (Fsp3) is 0.167. The summed E-state index contributed by atoms with van der Waals surface area (Å²) >= 11 is 0. The summed E-state index contributed by atoms with van der Waals surface area (Å²) in [4.78, 5) is 18.8. The first-order valence-corrected chi connectivity index (χ1v) is 9.72. The van der Waals surface area contributed by atoms with Crippen LogP contribution in [0.5, 0.6) is 0 Å². The Balaban J connectivity index is 1.43. The fourth-order valence-corrected chi connectivity index (χ4v) is 3.24. The van der Waals surface area contributed by atoms with Gasteiger partial charge in [0, 0.05) is 31.8 Å². The lowest BCUT2D eigenvalue weighted by atomic mass is 10.1. The molecule has 4 rings (SSSR count). The van der Waals surface area contributed by atoms with Gasteiger partial charge in [-0.05, 0) is 48.0 Å². The molecule has 0 aliphatic heterocycles. The number of amides is 1. The molecule has 0 saturated heterocycles. The standard InChI is InChI=1S/C24H21FN2O3/c25-22-8-2-1-7-21(22)23-11-9-19(30-23)10-12-24(28)27(17-20-6-4-14-29-20)16-18-5-3-13-26-15-18/h1-9,11,13-15H,10,12,16-17H2. The van der Waals surface area contributed by atoms with Crippen LogP contribution >= 0.6 is 0 Å². The molecule has 0 saturated carbocycles. The van der Waals surface area contributed by atoms with Crippen molar-refractivity contribution in [2.75, 3.05) is 0 Å². The van der Waals surface area contributed by atoms with E-state index in [9.17, 15) is 9.18 Å². The Bertz CT molecular complexity index is 1090. The highest BCUT2D eigenvalue weighted by Gasteiger charge is 2.17. The van der Waals surface area contributed by atoms with Gasteiger partial charge in [-0.1, -0.05) is 18.2 Å². The third-order valence-electron chi connectivity index (χ3n) is 4.76. The first kappa shape index (κ1) is 19.6. The molecule has 0 fully saturated rings. The molecule has 0 radical (unpaired) electrons. The number of benzene rings is 1. The summed E-state index contributed by atoms with van der Waals surface area (Å²) in [6, 6.07) is 17.4. The van der Waals surface area contributed by atoms with Gasteiger partial charge in [-0.15, -0.1) is 0 Å². The van der Waals surface area contributed by atoms with E-state index in [1.807, 2.05) is 18.2 Å². The monoisotopic (exact) mass is 404 g/mol. The highest BCUT2D eigenvalue weighted by molar-refractivity contribution is 5.76. The molecule has 0 atom stereocenters. The Morgan fingerprint density at radius 1 is 0.967 bits per heavy atom. The Kier molecular flexibility index (Phi) is 6.03. The van der Waals surface area contributed by atoms with Crippen molar-refractivity contribution in [2.24, 2.45) is 0 Å². The Morgan fingerprint density at radius 3 is 2.63 bits per heavy atom. The Hall–Kier alpha value is -3.67. The second kappa shape index (κ2) is 9.22. The number of carbonyl (C=O) groups excluding carboxylic acids is 1. The maximum atomic E-state index is 14.0. The number of aryl methyl sites for hydroxylation is 1. The van der Waals surface area contributed by atoms with Gasteiger partial charge in [0.1, 0.15) is 23.1 Å². The van der Waals surface area contributed by atoms with E-state index in [1.165, 1.54) is 6.07 Å². The van der Waals surface area contributed by atoms with Crippen LogP contribution in [0.15, 0.2) is 88.2 Å². The van der Waals surface area contributed by atoms with E-state index in [-0.39, 0.29) is 18.1 Å². The SMILES string of the molecule is O=C(CCc1ccc(-c2ccccc2F)o1)N(Cc1cccnc1)Cc1ccco1. The number of nitrogens with zero attached hydrogens (tertiary/aromatic N) is 2. The summed E-state index contributed by atoms with van der Waals surface area (Å²) in [6.45, 7) is 0.811. The van der Waals surface area contributed by atoms with Crippen molar-refractivity contribution >= 4 is 5.91 Å². The fourth-order valence-electron chi connectivity index (χ4n) is 3.24. The van der Waals surface area contributed by atoms with E-state index in [1.54, 1.807) is 60.0 Å². The molecule has 30 heavy (non-hydrogen) atoms. The molecule has 3 aromatic heterocycles. The second-order valence-electron chi connectivity index (χ2n) is 6.94. The lowest BCUT2D eigenvalue weighted by Gasteiger charge is -2.21. The van der Waals surface area contributed by atoms with Crippen LogP contribution in [0.4, 0.5) is 4.39 Å². The zero-order chi connectivity index (χ0) is 20.8. The topological polar surface area (TPSA) is 59.5 Å². The molecule has 152 valence electrons. The molecular formula is C24H21FN2O3. The summed E-state index contributed by atoms with van der Waals surface area (Å²) in [5.74, 6) is 1.45. The molecule has 4 aromatic rings. The second-order valence-corrected chi connectivity index (χ2v) is 6.94. The summed E-state index contributed by atoms with van der Waals surface area (Å²) in [5.41, 5.74) is 1.35. The Morgan fingerprint density at radius 2 is 1.87 bits per heavy atom.